The molecule has 0 saturated heterocycles. The van der Waals surface area contributed by atoms with E-state index in [1.165, 1.54) is 32.1 Å². The van der Waals surface area contributed by atoms with E-state index in [0.717, 1.165) is 27.5 Å². The third-order valence-corrected chi connectivity index (χ3v) is 5.27. The lowest BCUT2D eigenvalue weighted by atomic mass is 9.96. The van der Waals surface area contributed by atoms with Crippen LogP contribution in [-0.2, 0) is 0 Å². The number of hydrogen-bond acceptors (Lipinski definition) is 4. The van der Waals surface area contributed by atoms with Crippen molar-refractivity contribution in [1.29, 1.82) is 0 Å². The van der Waals surface area contributed by atoms with Crippen molar-refractivity contribution in [3.05, 3.63) is 55.0 Å². The number of nitrogens with one attached hydrogen (secondary N) is 1. The van der Waals surface area contributed by atoms with Crippen molar-refractivity contribution >= 4 is 22.4 Å². The molecule has 0 unspecified atom stereocenters. The fourth-order valence-electron chi connectivity index (χ4n) is 3.88. The van der Waals surface area contributed by atoms with Gasteiger partial charge in [0.15, 0.2) is 0 Å². The quantitative estimate of drug-likeness (QED) is 0.586. The molecule has 5 heteroatoms. The molecule has 1 aromatic carbocycles. The molecule has 0 aliphatic heterocycles. The molecule has 5 nitrogen and oxygen atoms in total. The van der Waals surface area contributed by atoms with Crippen LogP contribution in [0.4, 0.5) is 5.95 Å². The molecule has 0 amide bonds. The first-order valence-electron chi connectivity index (χ1n) is 9.33. The minimum absolute atomic E-state index is 0.504. The van der Waals surface area contributed by atoms with Crippen LogP contribution in [0.2, 0.25) is 0 Å². The summed E-state index contributed by atoms with van der Waals surface area (Å²) in [5.41, 5.74) is 4.32. The molecule has 1 saturated carbocycles. The van der Waals surface area contributed by atoms with Crippen molar-refractivity contribution in [1.82, 2.24) is 19.6 Å². The zero-order chi connectivity index (χ0) is 17.3. The van der Waals surface area contributed by atoms with E-state index < -0.39 is 0 Å². The monoisotopic (exact) mass is 343 g/mol. The van der Waals surface area contributed by atoms with E-state index in [-0.39, 0.29) is 0 Å². The highest BCUT2D eigenvalue weighted by molar-refractivity contribution is 5.88. The summed E-state index contributed by atoms with van der Waals surface area (Å²) >= 11 is 0. The minimum atomic E-state index is 0.504. The Bertz CT molecular complexity index is 1060. The molecule has 3 aromatic heterocycles. The number of anilines is 1. The van der Waals surface area contributed by atoms with Gasteiger partial charge in [-0.15, -0.1) is 5.10 Å². The van der Waals surface area contributed by atoms with Crippen LogP contribution in [0.1, 0.15) is 32.1 Å². The van der Waals surface area contributed by atoms with Crippen molar-refractivity contribution in [3.8, 4) is 11.1 Å². The Morgan fingerprint density at radius 3 is 2.85 bits per heavy atom. The normalized spacial score (nSPS) is 15.5. The van der Waals surface area contributed by atoms with Crippen LogP contribution in [0.15, 0.2) is 55.0 Å². The predicted octanol–water partition coefficient (Wildman–Crippen LogP) is 4.69. The van der Waals surface area contributed by atoms with Crippen LogP contribution in [0.5, 0.6) is 0 Å². The Balaban J connectivity index is 1.48. The van der Waals surface area contributed by atoms with Crippen molar-refractivity contribution < 1.29 is 0 Å². The number of rotatable bonds is 3. The fourth-order valence-corrected chi connectivity index (χ4v) is 3.88. The SMILES string of the molecule is c1cnc2ccc(-c3ccn4nc(NC5CCCCC5)ncc34)cc2c1. The van der Waals surface area contributed by atoms with Crippen LogP contribution in [0.25, 0.3) is 27.5 Å². The largest absolute Gasteiger partial charge is 0.350 e. The zero-order valence-electron chi connectivity index (χ0n) is 14.6. The van der Waals surface area contributed by atoms with Gasteiger partial charge in [0.1, 0.15) is 0 Å². The van der Waals surface area contributed by atoms with Crippen molar-refractivity contribution in [3.63, 3.8) is 0 Å². The number of hydrogen-bond donors (Lipinski definition) is 1. The molecule has 0 spiro atoms. The first kappa shape index (κ1) is 15.3. The van der Waals surface area contributed by atoms with Gasteiger partial charge in [-0.25, -0.2) is 9.50 Å². The third-order valence-electron chi connectivity index (χ3n) is 5.27. The lowest BCUT2D eigenvalue weighted by Crippen LogP contribution is -2.23. The highest BCUT2D eigenvalue weighted by atomic mass is 15.3. The summed E-state index contributed by atoms with van der Waals surface area (Å²) in [7, 11) is 0. The molecule has 1 aliphatic carbocycles. The predicted molar refractivity (Wildman–Crippen MR) is 104 cm³/mol. The summed E-state index contributed by atoms with van der Waals surface area (Å²) in [5, 5.41) is 9.29. The number of pyridine rings is 1. The molecule has 0 bridgehead atoms. The highest BCUT2D eigenvalue weighted by Crippen LogP contribution is 2.28. The van der Waals surface area contributed by atoms with Gasteiger partial charge in [0.25, 0.3) is 0 Å². The van der Waals surface area contributed by atoms with Gasteiger partial charge in [-0.2, -0.15) is 0 Å². The molecular weight excluding hydrogens is 322 g/mol. The van der Waals surface area contributed by atoms with Crippen LogP contribution >= 0.6 is 0 Å². The average molecular weight is 343 g/mol. The van der Waals surface area contributed by atoms with E-state index in [2.05, 4.69) is 50.7 Å². The molecule has 0 radical (unpaired) electrons. The van der Waals surface area contributed by atoms with Crippen LogP contribution in [0.3, 0.4) is 0 Å². The van der Waals surface area contributed by atoms with Crippen LogP contribution < -0.4 is 5.32 Å². The fraction of sp³-hybridized carbons (Fsp3) is 0.286. The van der Waals surface area contributed by atoms with E-state index in [1.54, 1.807) is 0 Å². The van der Waals surface area contributed by atoms with Gasteiger partial charge in [0, 0.05) is 29.4 Å². The maximum absolute atomic E-state index is 4.66. The van der Waals surface area contributed by atoms with Gasteiger partial charge in [0.2, 0.25) is 5.95 Å². The first-order chi connectivity index (χ1) is 12.9. The van der Waals surface area contributed by atoms with Crippen molar-refractivity contribution in [2.24, 2.45) is 0 Å². The van der Waals surface area contributed by atoms with Gasteiger partial charge >= 0.3 is 0 Å². The Kier molecular flexibility index (Phi) is 3.77. The lowest BCUT2D eigenvalue weighted by Gasteiger charge is -2.22. The second-order valence-corrected chi connectivity index (χ2v) is 7.03. The summed E-state index contributed by atoms with van der Waals surface area (Å²) in [5.74, 6) is 0.717. The molecule has 0 atom stereocenters. The number of nitrogens with zero attached hydrogens (tertiary/aromatic N) is 4. The van der Waals surface area contributed by atoms with Crippen LogP contribution in [-0.4, -0.2) is 25.6 Å². The Hall–Kier alpha value is -2.95. The Labute approximate surface area is 152 Å². The lowest BCUT2D eigenvalue weighted by molar-refractivity contribution is 0.460. The van der Waals surface area contributed by atoms with Gasteiger partial charge in [-0.1, -0.05) is 31.4 Å². The van der Waals surface area contributed by atoms with Crippen molar-refractivity contribution in [2.45, 2.75) is 38.1 Å². The molecule has 26 heavy (non-hydrogen) atoms. The summed E-state index contributed by atoms with van der Waals surface area (Å²) < 4.78 is 1.92. The summed E-state index contributed by atoms with van der Waals surface area (Å²) in [6.45, 7) is 0. The summed E-state index contributed by atoms with van der Waals surface area (Å²) in [6.07, 6.45) is 12.1. The molecular formula is C21H21N5. The van der Waals surface area contributed by atoms with E-state index >= 15 is 0 Å². The Morgan fingerprint density at radius 1 is 1.00 bits per heavy atom. The first-order valence-corrected chi connectivity index (χ1v) is 9.33. The van der Waals surface area contributed by atoms with E-state index in [9.17, 15) is 0 Å². The molecule has 130 valence electrons. The van der Waals surface area contributed by atoms with E-state index in [1.807, 2.05) is 29.2 Å². The van der Waals surface area contributed by atoms with E-state index in [0.29, 0.717) is 12.0 Å². The molecule has 4 aromatic rings. The number of aromatic nitrogens is 4. The minimum Gasteiger partial charge on any atom is -0.350 e. The van der Waals surface area contributed by atoms with Crippen LogP contribution in [0, 0.1) is 0 Å². The van der Waals surface area contributed by atoms with Crippen molar-refractivity contribution in [2.75, 3.05) is 5.32 Å². The maximum atomic E-state index is 4.66. The second kappa shape index (κ2) is 6.41. The van der Waals surface area contributed by atoms with Gasteiger partial charge in [-0.05, 0) is 42.7 Å². The smallest absolute Gasteiger partial charge is 0.241 e. The maximum Gasteiger partial charge on any atom is 0.241 e. The second-order valence-electron chi connectivity index (χ2n) is 7.03. The Morgan fingerprint density at radius 2 is 1.92 bits per heavy atom. The summed E-state index contributed by atoms with van der Waals surface area (Å²) in [6, 6.07) is 13.0. The third kappa shape index (κ3) is 2.79. The standard InChI is InChI=1S/C21H21N5/c1-2-6-17(7-3-1)24-21-23-14-20-18(10-12-26(20)25-21)15-8-9-19-16(13-15)5-4-11-22-19/h4-5,8-14,17H,1-3,6-7H2,(H,24,25). The number of benzene rings is 1. The number of fused-ring (bicyclic) bond motifs is 2. The molecule has 1 aliphatic rings. The molecule has 5 rings (SSSR count). The van der Waals surface area contributed by atoms with Gasteiger partial charge in [0.05, 0.1) is 17.2 Å². The topological polar surface area (TPSA) is 55.1 Å². The zero-order valence-corrected chi connectivity index (χ0v) is 14.6. The average Bonchev–Trinajstić information content (AvgIpc) is 3.12. The summed E-state index contributed by atoms with van der Waals surface area (Å²) in [4.78, 5) is 8.96. The van der Waals surface area contributed by atoms with Gasteiger partial charge < -0.3 is 5.32 Å². The van der Waals surface area contributed by atoms with Gasteiger partial charge in [-0.3, -0.25) is 4.98 Å². The highest BCUT2D eigenvalue weighted by Gasteiger charge is 2.15. The molecule has 3 heterocycles. The van der Waals surface area contributed by atoms with E-state index in [4.69, 9.17) is 0 Å². The molecule has 1 N–H and O–H groups in total. The molecule has 1 fully saturated rings.